The van der Waals surface area contributed by atoms with Crippen LogP contribution < -0.4 is 15.0 Å². The predicted octanol–water partition coefficient (Wildman–Crippen LogP) is 5.68. The van der Waals surface area contributed by atoms with E-state index in [1.165, 1.54) is 11.1 Å². The maximum atomic E-state index is 6.26. The molecule has 1 N–H and O–H groups in total. The monoisotopic (exact) mass is 502 g/mol. The molecule has 0 spiro atoms. The van der Waals surface area contributed by atoms with Crippen molar-refractivity contribution in [2.24, 2.45) is 10.8 Å². The maximum absolute atomic E-state index is 6.26. The molecule has 0 radical (unpaired) electrons. The Kier molecular flexibility index (Phi) is 7.83. The maximum Gasteiger partial charge on any atom is 0.217 e. The highest BCUT2D eigenvalue weighted by Gasteiger charge is 2.34. The fourth-order valence-electron chi connectivity index (χ4n) is 5.08. The van der Waals surface area contributed by atoms with Crippen LogP contribution in [0.2, 0.25) is 0 Å². The normalized spacial score (nSPS) is 15.8. The number of aryl methyl sites for hydroxylation is 3. The highest BCUT2D eigenvalue weighted by atomic mass is 16.5. The summed E-state index contributed by atoms with van der Waals surface area (Å²) in [6, 6.07) is 8.38. The van der Waals surface area contributed by atoms with Gasteiger partial charge >= 0.3 is 0 Å². The molecule has 0 bridgehead atoms. The summed E-state index contributed by atoms with van der Waals surface area (Å²) < 4.78 is 6.26. The van der Waals surface area contributed by atoms with E-state index in [2.05, 4.69) is 91.8 Å². The Labute approximate surface area is 222 Å². The van der Waals surface area contributed by atoms with Crippen molar-refractivity contribution >= 4 is 5.69 Å². The van der Waals surface area contributed by atoms with Crippen LogP contribution in [0.15, 0.2) is 36.7 Å². The molecular weight excluding hydrogens is 460 g/mol. The van der Waals surface area contributed by atoms with Gasteiger partial charge in [-0.3, -0.25) is 0 Å². The molecule has 1 aliphatic rings. The highest BCUT2D eigenvalue weighted by Crippen LogP contribution is 2.32. The Morgan fingerprint density at radius 3 is 2.27 bits per heavy atom. The average Bonchev–Trinajstić information content (AvgIpc) is 2.78. The number of nitrogens with zero attached hydrogens (tertiary/aromatic N) is 5. The molecule has 4 rings (SSSR count). The second kappa shape index (κ2) is 10.7. The van der Waals surface area contributed by atoms with Gasteiger partial charge in [-0.05, 0) is 49.1 Å². The van der Waals surface area contributed by atoms with Gasteiger partial charge in [-0.25, -0.2) is 15.0 Å². The standard InChI is InChI=1S/C30H42N6O/c1-20-10-9-11-21(2)28(20)25-12-27(35-22(3)34-25)37-17-23(13-29(4,5)6)31-16-26-32-14-24(15-33-26)36-18-30(7,8)19-36/h9-12,14-15,23,31H,13,16-19H2,1-8H3/t23-/m1/s1. The number of hydrogen-bond acceptors (Lipinski definition) is 7. The summed E-state index contributed by atoms with van der Waals surface area (Å²) in [6.07, 6.45) is 4.82. The van der Waals surface area contributed by atoms with Crippen LogP contribution in [0.1, 0.15) is 63.8 Å². The topological polar surface area (TPSA) is 76.1 Å². The first-order valence-electron chi connectivity index (χ1n) is 13.2. The Bertz CT molecular complexity index is 1190. The second-order valence-corrected chi connectivity index (χ2v) is 12.4. The van der Waals surface area contributed by atoms with Gasteiger partial charge in [-0.2, -0.15) is 4.98 Å². The lowest BCUT2D eigenvalue weighted by Gasteiger charge is -2.47. The lowest BCUT2D eigenvalue weighted by molar-refractivity contribution is 0.207. The summed E-state index contributed by atoms with van der Waals surface area (Å²) in [7, 11) is 0. The summed E-state index contributed by atoms with van der Waals surface area (Å²) in [5, 5.41) is 3.62. The van der Waals surface area contributed by atoms with E-state index in [0.29, 0.717) is 30.3 Å². The van der Waals surface area contributed by atoms with E-state index < -0.39 is 0 Å². The van der Waals surface area contributed by atoms with Gasteiger partial charge in [0, 0.05) is 30.8 Å². The third-order valence-corrected chi connectivity index (χ3v) is 6.69. The number of aromatic nitrogens is 4. The van der Waals surface area contributed by atoms with Gasteiger partial charge in [-0.1, -0.05) is 52.8 Å². The second-order valence-electron chi connectivity index (χ2n) is 12.4. The van der Waals surface area contributed by atoms with E-state index in [-0.39, 0.29) is 11.5 Å². The van der Waals surface area contributed by atoms with Crippen LogP contribution in [0, 0.1) is 31.6 Å². The third kappa shape index (κ3) is 7.25. The highest BCUT2D eigenvalue weighted by molar-refractivity contribution is 5.68. The number of benzene rings is 1. The van der Waals surface area contributed by atoms with Crippen LogP contribution in [0.3, 0.4) is 0 Å². The number of hydrogen-bond donors (Lipinski definition) is 1. The molecule has 1 aromatic carbocycles. The van der Waals surface area contributed by atoms with Crippen LogP contribution in [0.5, 0.6) is 5.88 Å². The molecule has 1 atom stereocenters. The number of anilines is 1. The van der Waals surface area contributed by atoms with Crippen LogP contribution in [-0.4, -0.2) is 45.7 Å². The molecule has 198 valence electrons. The third-order valence-electron chi connectivity index (χ3n) is 6.69. The summed E-state index contributed by atoms with van der Waals surface area (Å²) in [4.78, 5) is 20.8. The first kappa shape index (κ1) is 27.0. The van der Waals surface area contributed by atoms with Gasteiger partial charge in [0.1, 0.15) is 18.3 Å². The van der Waals surface area contributed by atoms with Crippen molar-refractivity contribution in [3.05, 3.63) is 59.4 Å². The fourth-order valence-corrected chi connectivity index (χ4v) is 5.08. The van der Waals surface area contributed by atoms with Crippen LogP contribution >= 0.6 is 0 Å². The lowest BCUT2D eigenvalue weighted by atomic mass is 9.84. The molecule has 1 fully saturated rings. The largest absolute Gasteiger partial charge is 0.476 e. The molecule has 3 aromatic rings. The minimum atomic E-state index is 0.123. The van der Waals surface area contributed by atoms with Crippen molar-refractivity contribution in [2.75, 3.05) is 24.6 Å². The van der Waals surface area contributed by atoms with Crippen LogP contribution in [-0.2, 0) is 6.54 Å². The Morgan fingerprint density at radius 2 is 1.68 bits per heavy atom. The van der Waals surface area contributed by atoms with E-state index in [0.717, 1.165) is 42.3 Å². The van der Waals surface area contributed by atoms with Crippen molar-refractivity contribution in [1.29, 1.82) is 0 Å². The van der Waals surface area contributed by atoms with Crippen LogP contribution in [0.25, 0.3) is 11.3 Å². The number of ether oxygens (including phenoxy) is 1. The van der Waals surface area contributed by atoms with E-state index >= 15 is 0 Å². The van der Waals surface area contributed by atoms with Crippen molar-refractivity contribution in [2.45, 2.75) is 74.4 Å². The summed E-state index contributed by atoms with van der Waals surface area (Å²) in [5.74, 6) is 2.09. The van der Waals surface area contributed by atoms with Crippen molar-refractivity contribution < 1.29 is 4.74 Å². The van der Waals surface area contributed by atoms with Gasteiger partial charge < -0.3 is 15.0 Å². The minimum absolute atomic E-state index is 0.123. The zero-order chi connectivity index (χ0) is 26.8. The molecule has 2 aromatic heterocycles. The van der Waals surface area contributed by atoms with Crippen LogP contribution in [0.4, 0.5) is 5.69 Å². The molecule has 0 amide bonds. The molecule has 1 saturated heterocycles. The Hall–Kier alpha value is -3.06. The molecule has 7 heteroatoms. The first-order chi connectivity index (χ1) is 17.4. The van der Waals surface area contributed by atoms with E-state index in [1.54, 1.807) is 0 Å². The van der Waals surface area contributed by atoms with Gasteiger partial charge in [0.15, 0.2) is 0 Å². The van der Waals surface area contributed by atoms with E-state index in [4.69, 9.17) is 9.72 Å². The van der Waals surface area contributed by atoms with Crippen molar-refractivity contribution in [3.8, 4) is 17.1 Å². The lowest BCUT2D eigenvalue weighted by Crippen LogP contribution is -2.53. The minimum Gasteiger partial charge on any atom is -0.476 e. The smallest absolute Gasteiger partial charge is 0.217 e. The number of rotatable bonds is 9. The SMILES string of the molecule is Cc1nc(OC[C@@H](CC(C)(C)C)NCc2ncc(N3CC(C)(C)C3)cn2)cc(-c2c(C)cccc2C)n1. The summed E-state index contributed by atoms with van der Waals surface area (Å²) >= 11 is 0. The molecule has 0 unspecified atom stereocenters. The van der Waals surface area contributed by atoms with Crippen molar-refractivity contribution in [1.82, 2.24) is 25.3 Å². The zero-order valence-electron chi connectivity index (χ0n) is 23.7. The van der Waals surface area contributed by atoms with Gasteiger partial charge in [0.05, 0.1) is 30.3 Å². The molecule has 0 saturated carbocycles. The fraction of sp³-hybridized carbons (Fsp3) is 0.533. The molecule has 7 nitrogen and oxygen atoms in total. The summed E-state index contributed by atoms with van der Waals surface area (Å²) in [6.45, 7) is 20.6. The van der Waals surface area contributed by atoms with Gasteiger partial charge in [0.25, 0.3) is 0 Å². The quantitative estimate of drug-likeness (QED) is 0.403. The Balaban J connectivity index is 1.41. The average molecular weight is 503 g/mol. The molecule has 0 aliphatic carbocycles. The zero-order valence-corrected chi connectivity index (χ0v) is 23.7. The van der Waals surface area contributed by atoms with E-state index in [1.807, 2.05) is 25.4 Å². The number of nitrogens with one attached hydrogen (secondary N) is 1. The van der Waals surface area contributed by atoms with Crippen molar-refractivity contribution in [3.63, 3.8) is 0 Å². The van der Waals surface area contributed by atoms with E-state index in [9.17, 15) is 0 Å². The molecular formula is C30H42N6O. The predicted molar refractivity (Wildman–Crippen MR) is 150 cm³/mol. The molecule has 37 heavy (non-hydrogen) atoms. The molecule has 1 aliphatic heterocycles. The first-order valence-corrected chi connectivity index (χ1v) is 13.2. The van der Waals surface area contributed by atoms with Gasteiger partial charge in [-0.15, -0.1) is 0 Å². The molecule has 3 heterocycles. The summed E-state index contributed by atoms with van der Waals surface area (Å²) in [5.41, 5.74) is 6.04. The Morgan fingerprint density at radius 1 is 1.03 bits per heavy atom. The van der Waals surface area contributed by atoms with Gasteiger partial charge in [0.2, 0.25) is 5.88 Å².